The van der Waals surface area contributed by atoms with Crippen LogP contribution in [0.25, 0.3) is 0 Å². The monoisotopic (exact) mass is 611 g/mol. The largest absolute Gasteiger partial charge is 0.354 e. The molecular formula is C36H41N3O4S. The Morgan fingerprint density at radius 3 is 2.05 bits per heavy atom. The van der Waals surface area contributed by atoms with Gasteiger partial charge in [0.15, 0.2) is 0 Å². The molecule has 0 aliphatic rings. The summed E-state index contributed by atoms with van der Waals surface area (Å²) in [5, 5.41) is 2.98. The second kappa shape index (κ2) is 14.8. The van der Waals surface area contributed by atoms with Crippen molar-refractivity contribution in [3.63, 3.8) is 0 Å². The van der Waals surface area contributed by atoms with Crippen LogP contribution < -0.4 is 9.62 Å². The zero-order valence-corrected chi connectivity index (χ0v) is 26.7. The maximum absolute atomic E-state index is 14.5. The lowest BCUT2D eigenvalue weighted by Gasteiger charge is -2.34. The first kappa shape index (κ1) is 32.5. The van der Waals surface area contributed by atoms with Crippen molar-refractivity contribution in [2.45, 2.75) is 58.0 Å². The number of benzene rings is 4. The molecule has 4 rings (SSSR count). The number of hydrogen-bond donors (Lipinski definition) is 1. The molecule has 0 saturated heterocycles. The highest BCUT2D eigenvalue weighted by Gasteiger charge is 2.35. The highest BCUT2D eigenvalue weighted by Crippen LogP contribution is 2.28. The molecule has 44 heavy (non-hydrogen) atoms. The second-order valence-electron chi connectivity index (χ2n) is 11.1. The lowest BCUT2D eigenvalue weighted by atomic mass is 10.0. The van der Waals surface area contributed by atoms with E-state index >= 15 is 0 Å². The summed E-state index contributed by atoms with van der Waals surface area (Å²) in [5.41, 5.74) is 4.89. The van der Waals surface area contributed by atoms with Crippen LogP contribution in [0.15, 0.2) is 108 Å². The van der Waals surface area contributed by atoms with E-state index in [1.165, 1.54) is 21.3 Å². The highest BCUT2D eigenvalue weighted by molar-refractivity contribution is 7.92. The molecule has 4 aromatic rings. The van der Waals surface area contributed by atoms with Crippen molar-refractivity contribution in [3.8, 4) is 0 Å². The highest BCUT2D eigenvalue weighted by atomic mass is 32.2. The first-order valence-electron chi connectivity index (χ1n) is 14.9. The Hall–Kier alpha value is -4.43. The summed E-state index contributed by atoms with van der Waals surface area (Å²) in [5.74, 6) is -0.751. The number of carbonyl (C=O) groups excluding carboxylic acids is 2. The van der Waals surface area contributed by atoms with Crippen molar-refractivity contribution in [2.24, 2.45) is 0 Å². The van der Waals surface area contributed by atoms with Gasteiger partial charge in [0.1, 0.15) is 12.6 Å². The third-order valence-electron chi connectivity index (χ3n) is 7.49. The lowest BCUT2D eigenvalue weighted by molar-refractivity contribution is -0.140. The molecule has 0 unspecified atom stereocenters. The maximum atomic E-state index is 14.5. The molecule has 0 bridgehead atoms. The Kier molecular flexibility index (Phi) is 11.0. The molecule has 4 aromatic carbocycles. The van der Waals surface area contributed by atoms with E-state index in [1.54, 1.807) is 24.3 Å². The third-order valence-corrected chi connectivity index (χ3v) is 9.26. The average Bonchev–Trinajstić information content (AvgIpc) is 3.01. The van der Waals surface area contributed by atoms with Gasteiger partial charge < -0.3 is 10.2 Å². The first-order valence-corrected chi connectivity index (χ1v) is 16.4. The van der Waals surface area contributed by atoms with Crippen LogP contribution in [0.3, 0.4) is 0 Å². The summed E-state index contributed by atoms with van der Waals surface area (Å²) < 4.78 is 29.5. The average molecular weight is 612 g/mol. The number of nitrogens with zero attached hydrogens (tertiary/aromatic N) is 2. The van der Waals surface area contributed by atoms with E-state index in [9.17, 15) is 18.0 Å². The molecule has 0 fully saturated rings. The van der Waals surface area contributed by atoms with Crippen LogP contribution in [0.2, 0.25) is 0 Å². The van der Waals surface area contributed by atoms with Crippen LogP contribution in [-0.4, -0.2) is 44.3 Å². The van der Waals surface area contributed by atoms with Gasteiger partial charge in [0.25, 0.3) is 10.0 Å². The Labute approximate surface area is 261 Å². The predicted octanol–water partition coefficient (Wildman–Crippen LogP) is 5.97. The Balaban J connectivity index is 1.81. The number of sulfonamides is 1. The van der Waals surface area contributed by atoms with Gasteiger partial charge in [0.05, 0.1) is 10.6 Å². The van der Waals surface area contributed by atoms with Crippen molar-refractivity contribution in [1.82, 2.24) is 10.2 Å². The zero-order chi connectivity index (χ0) is 31.7. The minimum absolute atomic E-state index is 0.0829. The van der Waals surface area contributed by atoms with Crippen molar-refractivity contribution in [1.29, 1.82) is 0 Å². The summed E-state index contributed by atoms with van der Waals surface area (Å²) in [6.45, 7) is 7.85. The molecule has 0 spiro atoms. The number of rotatable bonds is 13. The summed E-state index contributed by atoms with van der Waals surface area (Å²) in [6, 6.07) is 30.1. The number of amides is 2. The van der Waals surface area contributed by atoms with Crippen molar-refractivity contribution >= 4 is 27.5 Å². The van der Waals surface area contributed by atoms with Gasteiger partial charge in [-0.2, -0.15) is 0 Å². The summed E-state index contributed by atoms with van der Waals surface area (Å²) >= 11 is 0. The van der Waals surface area contributed by atoms with E-state index in [0.717, 1.165) is 34.2 Å². The first-order chi connectivity index (χ1) is 21.1. The van der Waals surface area contributed by atoms with Crippen molar-refractivity contribution < 1.29 is 18.0 Å². The van der Waals surface area contributed by atoms with E-state index in [2.05, 4.69) is 5.32 Å². The van der Waals surface area contributed by atoms with E-state index in [0.29, 0.717) is 12.2 Å². The molecule has 1 atom stereocenters. The standard InChI is InChI=1S/C36H41N3O4S/c1-5-21-37-36(41)34(24-30-14-8-6-9-15-30)38(25-31-16-12-13-27(2)23-31)35(40)26-39(33-20-19-28(3)22-29(33)4)44(42,43)32-17-10-7-11-18-32/h6-20,22-23,34H,5,21,24-26H2,1-4H3,(H,37,41)/t34-/m1/s1. The number of hydrogen-bond acceptors (Lipinski definition) is 4. The van der Waals surface area contributed by atoms with Crippen LogP contribution in [0.1, 0.15) is 41.2 Å². The summed E-state index contributed by atoms with van der Waals surface area (Å²) in [7, 11) is -4.13. The Bertz CT molecular complexity index is 1670. The number of aryl methyl sites for hydroxylation is 3. The zero-order valence-electron chi connectivity index (χ0n) is 25.9. The number of carbonyl (C=O) groups is 2. The lowest BCUT2D eigenvalue weighted by Crippen LogP contribution is -2.53. The Morgan fingerprint density at radius 1 is 0.773 bits per heavy atom. The van der Waals surface area contributed by atoms with E-state index in [4.69, 9.17) is 0 Å². The summed E-state index contributed by atoms with van der Waals surface area (Å²) in [4.78, 5) is 29.9. The van der Waals surface area contributed by atoms with Gasteiger partial charge in [-0.1, -0.05) is 103 Å². The van der Waals surface area contributed by atoms with Gasteiger partial charge in [0, 0.05) is 19.5 Å². The fourth-order valence-corrected chi connectivity index (χ4v) is 6.75. The molecule has 1 N–H and O–H groups in total. The molecule has 8 heteroatoms. The van der Waals surface area contributed by atoms with Crippen LogP contribution in [0.5, 0.6) is 0 Å². The van der Waals surface area contributed by atoms with E-state index in [-0.39, 0.29) is 23.8 Å². The van der Waals surface area contributed by atoms with Gasteiger partial charge in [-0.05, 0) is 62.1 Å². The number of anilines is 1. The molecule has 0 aromatic heterocycles. The van der Waals surface area contributed by atoms with E-state index < -0.39 is 28.5 Å². The summed E-state index contributed by atoms with van der Waals surface area (Å²) in [6.07, 6.45) is 1.02. The maximum Gasteiger partial charge on any atom is 0.264 e. The minimum Gasteiger partial charge on any atom is -0.354 e. The van der Waals surface area contributed by atoms with Crippen LogP contribution >= 0.6 is 0 Å². The molecule has 2 amide bonds. The van der Waals surface area contributed by atoms with Crippen LogP contribution in [-0.2, 0) is 32.6 Å². The Morgan fingerprint density at radius 2 is 1.41 bits per heavy atom. The predicted molar refractivity (Wildman–Crippen MR) is 176 cm³/mol. The molecule has 0 radical (unpaired) electrons. The normalized spacial score (nSPS) is 11.9. The topological polar surface area (TPSA) is 86.8 Å². The van der Waals surface area contributed by atoms with Crippen molar-refractivity contribution in [2.75, 3.05) is 17.4 Å². The number of nitrogens with one attached hydrogen (secondary N) is 1. The van der Waals surface area contributed by atoms with Crippen molar-refractivity contribution in [3.05, 3.63) is 131 Å². The van der Waals surface area contributed by atoms with Gasteiger partial charge in [-0.25, -0.2) is 8.42 Å². The van der Waals surface area contributed by atoms with Crippen LogP contribution in [0, 0.1) is 20.8 Å². The molecular weight excluding hydrogens is 570 g/mol. The third kappa shape index (κ3) is 8.14. The molecule has 0 aliphatic heterocycles. The molecule has 7 nitrogen and oxygen atoms in total. The van der Waals surface area contributed by atoms with Gasteiger partial charge in [-0.15, -0.1) is 0 Å². The minimum atomic E-state index is -4.13. The van der Waals surface area contributed by atoms with Gasteiger partial charge >= 0.3 is 0 Å². The SMILES string of the molecule is CCCNC(=O)[C@@H](Cc1ccccc1)N(Cc1cccc(C)c1)C(=O)CN(c1ccc(C)cc1C)S(=O)(=O)c1ccccc1. The fourth-order valence-electron chi connectivity index (χ4n) is 5.25. The molecule has 0 aliphatic carbocycles. The smallest absolute Gasteiger partial charge is 0.264 e. The van der Waals surface area contributed by atoms with Gasteiger partial charge in [-0.3, -0.25) is 13.9 Å². The van der Waals surface area contributed by atoms with Crippen LogP contribution in [0.4, 0.5) is 5.69 Å². The molecule has 0 heterocycles. The molecule has 230 valence electrons. The molecule has 0 saturated carbocycles. The second-order valence-corrected chi connectivity index (χ2v) is 13.0. The van der Waals surface area contributed by atoms with E-state index in [1.807, 2.05) is 94.4 Å². The fraction of sp³-hybridized carbons (Fsp3) is 0.278. The quantitative estimate of drug-likeness (QED) is 0.202. The van der Waals surface area contributed by atoms with Gasteiger partial charge in [0.2, 0.25) is 11.8 Å².